The highest BCUT2D eigenvalue weighted by Crippen LogP contribution is 2.30. The van der Waals surface area contributed by atoms with Gasteiger partial charge in [0.25, 0.3) is 0 Å². The van der Waals surface area contributed by atoms with E-state index in [0.717, 1.165) is 24.0 Å². The molecule has 0 spiro atoms. The number of rotatable bonds is 10. The average molecular weight is 457 g/mol. The summed E-state index contributed by atoms with van der Waals surface area (Å²) in [5.74, 6) is -0.188. The van der Waals surface area contributed by atoms with Crippen LogP contribution in [0.15, 0.2) is 48.5 Å². The minimum Gasteiger partial charge on any atom is -0.355 e. The number of benzene rings is 2. The second-order valence-corrected chi connectivity index (χ2v) is 9.74. The number of carbonyl (C=O) groups excluding carboxylic acids is 1. The molecule has 0 saturated heterocycles. The van der Waals surface area contributed by atoms with E-state index >= 15 is 0 Å². The molecule has 1 amide bonds. The maximum Gasteiger partial charge on any atom is 0.237 e. The first-order valence-electron chi connectivity index (χ1n) is 12.4. The molecule has 0 heterocycles. The second kappa shape index (κ2) is 12.3. The summed E-state index contributed by atoms with van der Waals surface area (Å²) in [5.41, 5.74) is 1.98. The predicted octanol–water partition coefficient (Wildman–Crippen LogP) is 6.28. The lowest BCUT2D eigenvalue weighted by molar-refractivity contribution is -0.128. The number of likely N-dealkylation sites (N-methyl/N-ethyl adjacent to an activating group) is 1. The van der Waals surface area contributed by atoms with E-state index in [2.05, 4.69) is 31.1 Å². The van der Waals surface area contributed by atoms with Gasteiger partial charge in [-0.05, 0) is 74.0 Å². The van der Waals surface area contributed by atoms with Gasteiger partial charge in [-0.3, -0.25) is 9.69 Å². The molecule has 1 aliphatic carbocycles. The molecule has 1 atom stereocenters. The van der Waals surface area contributed by atoms with E-state index in [-0.39, 0.29) is 35.4 Å². The maximum atomic E-state index is 13.4. The van der Waals surface area contributed by atoms with Gasteiger partial charge in [-0.1, -0.05) is 57.4 Å². The fourth-order valence-corrected chi connectivity index (χ4v) is 5.21. The van der Waals surface area contributed by atoms with Gasteiger partial charge < -0.3 is 5.32 Å². The van der Waals surface area contributed by atoms with Crippen molar-refractivity contribution in [3.05, 3.63) is 71.3 Å². The van der Waals surface area contributed by atoms with Crippen LogP contribution in [-0.2, 0) is 4.79 Å². The van der Waals surface area contributed by atoms with Gasteiger partial charge in [0.05, 0.1) is 6.04 Å². The monoisotopic (exact) mass is 456 g/mol. The van der Waals surface area contributed by atoms with Crippen LogP contribution in [0.4, 0.5) is 8.78 Å². The molecule has 0 radical (unpaired) electrons. The second-order valence-electron chi connectivity index (χ2n) is 9.74. The number of carbonyl (C=O) groups is 1. The van der Waals surface area contributed by atoms with E-state index in [1.165, 1.54) is 56.4 Å². The zero-order chi connectivity index (χ0) is 23.8. The van der Waals surface area contributed by atoms with E-state index in [1.54, 1.807) is 24.3 Å². The normalized spacial score (nSPS) is 15.9. The van der Waals surface area contributed by atoms with Crippen LogP contribution >= 0.6 is 0 Å². The van der Waals surface area contributed by atoms with Crippen molar-refractivity contribution >= 4 is 5.91 Å². The zero-order valence-electron chi connectivity index (χ0n) is 20.2. The van der Waals surface area contributed by atoms with Crippen molar-refractivity contribution in [3.8, 4) is 0 Å². The van der Waals surface area contributed by atoms with E-state index in [4.69, 9.17) is 0 Å². The molecule has 1 saturated carbocycles. The molecule has 0 bridgehead atoms. The van der Waals surface area contributed by atoms with Gasteiger partial charge in [0, 0.05) is 18.5 Å². The highest BCUT2D eigenvalue weighted by molar-refractivity contribution is 5.82. The Balaban J connectivity index is 1.60. The highest BCUT2D eigenvalue weighted by atomic mass is 19.1. The van der Waals surface area contributed by atoms with Crippen molar-refractivity contribution in [1.82, 2.24) is 10.2 Å². The van der Waals surface area contributed by atoms with Crippen molar-refractivity contribution in [2.24, 2.45) is 5.92 Å². The first-order valence-corrected chi connectivity index (χ1v) is 12.4. The number of hydrogen-bond donors (Lipinski definition) is 1. The van der Waals surface area contributed by atoms with Crippen molar-refractivity contribution in [2.45, 2.75) is 76.8 Å². The van der Waals surface area contributed by atoms with Crippen LogP contribution in [0.5, 0.6) is 0 Å². The van der Waals surface area contributed by atoms with Crippen molar-refractivity contribution < 1.29 is 13.6 Å². The van der Waals surface area contributed by atoms with Crippen LogP contribution in [-0.4, -0.2) is 36.5 Å². The summed E-state index contributed by atoms with van der Waals surface area (Å²) >= 11 is 0. The van der Waals surface area contributed by atoms with Crippen LogP contribution in [0.2, 0.25) is 0 Å². The Morgan fingerprint density at radius 3 is 1.94 bits per heavy atom. The number of amides is 1. The third-order valence-electron chi connectivity index (χ3n) is 7.00. The molecule has 3 nitrogen and oxygen atoms in total. The Kier molecular flexibility index (Phi) is 9.42. The smallest absolute Gasteiger partial charge is 0.237 e. The van der Waals surface area contributed by atoms with Gasteiger partial charge in [-0.25, -0.2) is 8.78 Å². The van der Waals surface area contributed by atoms with E-state index in [1.807, 2.05) is 0 Å². The van der Waals surface area contributed by atoms with Gasteiger partial charge in [0.2, 0.25) is 5.91 Å². The van der Waals surface area contributed by atoms with E-state index in [0.29, 0.717) is 12.6 Å². The van der Waals surface area contributed by atoms with Crippen LogP contribution in [0.3, 0.4) is 0 Å². The maximum absolute atomic E-state index is 13.4. The Morgan fingerprint density at radius 2 is 1.45 bits per heavy atom. The van der Waals surface area contributed by atoms with Crippen molar-refractivity contribution in [2.75, 3.05) is 13.6 Å². The molecule has 1 aliphatic rings. The van der Waals surface area contributed by atoms with E-state index in [9.17, 15) is 13.6 Å². The molecule has 5 heteroatoms. The summed E-state index contributed by atoms with van der Waals surface area (Å²) in [6, 6.07) is 13.3. The predicted molar refractivity (Wildman–Crippen MR) is 130 cm³/mol. The summed E-state index contributed by atoms with van der Waals surface area (Å²) in [6.45, 7) is 4.81. The Morgan fingerprint density at radius 1 is 0.939 bits per heavy atom. The van der Waals surface area contributed by atoms with Crippen LogP contribution in [0.1, 0.15) is 75.8 Å². The fraction of sp³-hybridized carbons (Fsp3) is 0.536. The molecule has 2 aromatic rings. The quantitative estimate of drug-likeness (QED) is 0.427. The van der Waals surface area contributed by atoms with Gasteiger partial charge in [-0.2, -0.15) is 0 Å². The number of halogens is 2. The van der Waals surface area contributed by atoms with Gasteiger partial charge >= 0.3 is 0 Å². The standard InChI is InChI=1S/C28H38F2N2O/c1-20(2)27(32(3)25-8-5-4-6-9-25)28(33)31-19-7-10-26(21-11-15-23(29)16-12-21)22-13-17-24(30)18-14-22/h11-18,20,25-27H,4-10,19H2,1-3H3,(H,31,33). The molecule has 0 aliphatic heterocycles. The summed E-state index contributed by atoms with van der Waals surface area (Å²) < 4.78 is 26.9. The molecular formula is C28H38F2N2O. The first-order chi connectivity index (χ1) is 15.9. The Labute approximate surface area is 197 Å². The summed E-state index contributed by atoms with van der Waals surface area (Å²) in [7, 11) is 2.10. The minimum absolute atomic E-state index is 0.0221. The molecule has 1 fully saturated rings. The average Bonchev–Trinajstić information content (AvgIpc) is 2.81. The van der Waals surface area contributed by atoms with Crippen LogP contribution in [0.25, 0.3) is 0 Å². The number of nitrogens with zero attached hydrogens (tertiary/aromatic N) is 1. The molecule has 180 valence electrons. The van der Waals surface area contributed by atoms with Crippen molar-refractivity contribution in [1.29, 1.82) is 0 Å². The molecule has 1 N–H and O–H groups in total. The topological polar surface area (TPSA) is 32.3 Å². The number of nitrogens with one attached hydrogen (secondary N) is 1. The molecule has 2 aromatic carbocycles. The van der Waals surface area contributed by atoms with Gasteiger partial charge in [0.1, 0.15) is 11.6 Å². The van der Waals surface area contributed by atoms with Gasteiger partial charge in [0.15, 0.2) is 0 Å². The molecule has 1 unspecified atom stereocenters. The largest absolute Gasteiger partial charge is 0.355 e. The lowest BCUT2D eigenvalue weighted by Gasteiger charge is -2.38. The SMILES string of the molecule is CC(C)C(C(=O)NCCCC(c1ccc(F)cc1)c1ccc(F)cc1)N(C)C1CCCCC1. The van der Waals surface area contributed by atoms with Crippen LogP contribution < -0.4 is 5.32 Å². The molecular weight excluding hydrogens is 418 g/mol. The lowest BCUT2D eigenvalue weighted by Crippen LogP contribution is -2.52. The van der Waals surface area contributed by atoms with E-state index < -0.39 is 0 Å². The summed E-state index contributed by atoms with van der Waals surface area (Å²) in [5, 5.41) is 3.16. The first kappa shape index (κ1) is 25.4. The zero-order valence-corrected chi connectivity index (χ0v) is 20.2. The molecule has 33 heavy (non-hydrogen) atoms. The summed E-state index contributed by atoms with van der Waals surface area (Å²) in [6.07, 6.45) is 7.69. The van der Waals surface area contributed by atoms with Crippen LogP contribution in [0, 0.1) is 17.6 Å². The van der Waals surface area contributed by atoms with Gasteiger partial charge in [-0.15, -0.1) is 0 Å². The highest BCUT2D eigenvalue weighted by Gasteiger charge is 2.31. The third kappa shape index (κ3) is 7.10. The van der Waals surface area contributed by atoms with Crippen molar-refractivity contribution in [3.63, 3.8) is 0 Å². The Bertz CT molecular complexity index is 815. The summed E-state index contributed by atoms with van der Waals surface area (Å²) in [4.78, 5) is 15.4. The minimum atomic E-state index is -0.273. The molecule has 3 rings (SSSR count). The third-order valence-corrected chi connectivity index (χ3v) is 7.00. The number of hydrogen-bond acceptors (Lipinski definition) is 2. The Hall–Kier alpha value is -2.27. The molecule has 0 aromatic heterocycles. The fourth-order valence-electron chi connectivity index (χ4n) is 5.21. The lowest BCUT2D eigenvalue weighted by atomic mass is 9.87.